The summed E-state index contributed by atoms with van der Waals surface area (Å²) in [7, 11) is 0. The minimum Gasteiger partial charge on any atom is -0.247 e. The Bertz CT molecular complexity index is 278. The van der Waals surface area contributed by atoms with E-state index in [1.165, 1.54) is 12.8 Å². The maximum atomic E-state index is 13.8. The van der Waals surface area contributed by atoms with Crippen molar-refractivity contribution in [3.63, 3.8) is 0 Å². The van der Waals surface area contributed by atoms with Crippen molar-refractivity contribution in [2.75, 3.05) is 0 Å². The first-order valence-electron chi connectivity index (χ1n) is 8.91. The molecule has 0 spiro atoms. The monoisotopic (exact) mass is 298 g/mol. The van der Waals surface area contributed by atoms with Crippen LogP contribution < -0.4 is 0 Å². The molecule has 0 aromatic carbocycles. The molecule has 0 aromatic heterocycles. The summed E-state index contributed by atoms with van der Waals surface area (Å²) >= 11 is 0. The lowest BCUT2D eigenvalue weighted by Gasteiger charge is -2.41. The second-order valence-electron chi connectivity index (χ2n) is 8.21. The minimum atomic E-state index is -0.592. The third-order valence-electron chi connectivity index (χ3n) is 5.66. The molecule has 0 rings (SSSR count). The number of halogens is 1. The molecule has 0 saturated carbocycles. The number of allylic oxidation sites excluding steroid dienone is 1. The van der Waals surface area contributed by atoms with Crippen molar-refractivity contribution < 1.29 is 4.39 Å². The molecule has 0 radical (unpaired) electrons. The molecule has 2 atom stereocenters. The van der Waals surface area contributed by atoms with Crippen LogP contribution >= 0.6 is 0 Å². The van der Waals surface area contributed by atoms with Crippen LogP contribution in [-0.4, -0.2) is 6.17 Å². The van der Waals surface area contributed by atoms with Gasteiger partial charge >= 0.3 is 0 Å². The molecule has 0 N–H and O–H groups in total. The Morgan fingerprint density at radius 1 is 1.05 bits per heavy atom. The SMILES string of the molecule is C=CCC(C)(C)C(C)(C)CCCCCC(F)CC(C)CC. The van der Waals surface area contributed by atoms with Gasteiger partial charge in [-0.2, -0.15) is 0 Å². The highest BCUT2D eigenvalue weighted by molar-refractivity contribution is 4.90. The van der Waals surface area contributed by atoms with Crippen LogP contribution in [0, 0.1) is 16.7 Å². The summed E-state index contributed by atoms with van der Waals surface area (Å²) in [5, 5.41) is 0. The number of rotatable bonds is 12. The summed E-state index contributed by atoms with van der Waals surface area (Å²) in [4.78, 5) is 0. The average molecular weight is 299 g/mol. The van der Waals surface area contributed by atoms with E-state index in [-0.39, 0.29) is 5.41 Å². The molecule has 0 heterocycles. The molecular formula is C20H39F. The molecule has 0 aliphatic heterocycles. The maximum Gasteiger partial charge on any atom is 0.100 e. The maximum absolute atomic E-state index is 13.8. The zero-order chi connectivity index (χ0) is 16.5. The van der Waals surface area contributed by atoms with Gasteiger partial charge in [-0.05, 0) is 42.4 Å². The van der Waals surface area contributed by atoms with Crippen molar-refractivity contribution in [3.05, 3.63) is 12.7 Å². The van der Waals surface area contributed by atoms with Crippen LogP contribution in [0.2, 0.25) is 0 Å². The van der Waals surface area contributed by atoms with E-state index in [9.17, 15) is 4.39 Å². The Kier molecular flexibility index (Phi) is 9.49. The van der Waals surface area contributed by atoms with Crippen LogP contribution in [0.1, 0.15) is 92.9 Å². The standard InChI is InChI=1S/C20H39F/c1-8-14-19(4,5)20(6,7)15-12-10-11-13-18(21)16-17(3)9-2/h8,17-18H,1,9-16H2,2-7H3. The number of hydrogen-bond acceptors (Lipinski definition) is 0. The van der Waals surface area contributed by atoms with Crippen LogP contribution in [0.15, 0.2) is 12.7 Å². The normalized spacial score (nSPS) is 15.8. The van der Waals surface area contributed by atoms with Crippen molar-refractivity contribution in [1.82, 2.24) is 0 Å². The van der Waals surface area contributed by atoms with Crippen LogP contribution in [0.5, 0.6) is 0 Å². The Balaban J connectivity index is 3.91. The zero-order valence-electron chi connectivity index (χ0n) is 15.5. The highest BCUT2D eigenvalue weighted by Gasteiger charge is 2.34. The largest absolute Gasteiger partial charge is 0.247 e. The summed E-state index contributed by atoms with van der Waals surface area (Å²) in [6, 6.07) is 0. The van der Waals surface area contributed by atoms with E-state index in [1.807, 2.05) is 6.08 Å². The van der Waals surface area contributed by atoms with Gasteiger partial charge in [0.05, 0.1) is 0 Å². The predicted octanol–water partition coefficient (Wildman–Crippen LogP) is 7.34. The second-order valence-corrected chi connectivity index (χ2v) is 8.21. The number of hydrogen-bond donors (Lipinski definition) is 0. The van der Waals surface area contributed by atoms with Gasteiger partial charge in [0.2, 0.25) is 0 Å². The lowest BCUT2D eigenvalue weighted by Crippen LogP contribution is -2.32. The van der Waals surface area contributed by atoms with Gasteiger partial charge in [-0.25, -0.2) is 4.39 Å². The van der Waals surface area contributed by atoms with Crippen LogP contribution in [-0.2, 0) is 0 Å². The smallest absolute Gasteiger partial charge is 0.100 e. The molecule has 0 bridgehead atoms. The van der Waals surface area contributed by atoms with Crippen molar-refractivity contribution in [2.24, 2.45) is 16.7 Å². The molecular weight excluding hydrogens is 259 g/mol. The first-order valence-corrected chi connectivity index (χ1v) is 8.91. The van der Waals surface area contributed by atoms with E-state index in [0.29, 0.717) is 11.3 Å². The molecule has 21 heavy (non-hydrogen) atoms. The van der Waals surface area contributed by atoms with E-state index in [1.54, 1.807) is 0 Å². The molecule has 0 aromatic rings. The molecule has 0 aliphatic rings. The molecule has 126 valence electrons. The van der Waals surface area contributed by atoms with E-state index in [2.05, 4.69) is 48.1 Å². The fraction of sp³-hybridized carbons (Fsp3) is 0.900. The van der Waals surface area contributed by atoms with E-state index in [0.717, 1.165) is 38.5 Å². The van der Waals surface area contributed by atoms with Gasteiger partial charge in [0.15, 0.2) is 0 Å². The third kappa shape index (κ3) is 8.02. The molecule has 0 amide bonds. The second kappa shape index (κ2) is 9.64. The number of alkyl halides is 1. The summed E-state index contributed by atoms with van der Waals surface area (Å²) < 4.78 is 13.8. The highest BCUT2D eigenvalue weighted by Crippen LogP contribution is 2.45. The van der Waals surface area contributed by atoms with Gasteiger partial charge in [0, 0.05) is 0 Å². The molecule has 0 nitrogen and oxygen atoms in total. The minimum absolute atomic E-state index is 0.286. The predicted molar refractivity (Wildman–Crippen MR) is 94.4 cm³/mol. The molecule has 0 fully saturated rings. The van der Waals surface area contributed by atoms with Gasteiger partial charge in [0.1, 0.15) is 6.17 Å². The van der Waals surface area contributed by atoms with Gasteiger partial charge in [-0.1, -0.05) is 73.3 Å². The van der Waals surface area contributed by atoms with E-state index < -0.39 is 6.17 Å². The van der Waals surface area contributed by atoms with Crippen molar-refractivity contribution in [3.8, 4) is 0 Å². The summed E-state index contributed by atoms with van der Waals surface area (Å²) in [6.07, 6.45) is 9.71. The van der Waals surface area contributed by atoms with Crippen molar-refractivity contribution >= 4 is 0 Å². The third-order valence-corrected chi connectivity index (χ3v) is 5.66. The van der Waals surface area contributed by atoms with Crippen molar-refractivity contribution in [2.45, 2.75) is 99.1 Å². The highest BCUT2D eigenvalue weighted by atomic mass is 19.1. The topological polar surface area (TPSA) is 0 Å². The summed E-state index contributed by atoms with van der Waals surface area (Å²) in [5.74, 6) is 0.527. The summed E-state index contributed by atoms with van der Waals surface area (Å²) in [5.41, 5.74) is 0.598. The average Bonchev–Trinajstić information content (AvgIpc) is 2.37. The lowest BCUT2D eigenvalue weighted by atomic mass is 9.64. The molecule has 0 aliphatic carbocycles. The summed E-state index contributed by atoms with van der Waals surface area (Å²) in [6.45, 7) is 17.6. The first-order chi connectivity index (χ1) is 9.66. The Morgan fingerprint density at radius 2 is 1.67 bits per heavy atom. The quantitative estimate of drug-likeness (QED) is 0.261. The van der Waals surface area contributed by atoms with Gasteiger partial charge in [-0.15, -0.1) is 6.58 Å². The zero-order valence-corrected chi connectivity index (χ0v) is 15.5. The van der Waals surface area contributed by atoms with E-state index in [4.69, 9.17) is 0 Å². The number of unbranched alkanes of at least 4 members (excludes halogenated alkanes) is 2. The van der Waals surface area contributed by atoms with Gasteiger partial charge in [0.25, 0.3) is 0 Å². The van der Waals surface area contributed by atoms with Crippen molar-refractivity contribution in [1.29, 1.82) is 0 Å². The van der Waals surface area contributed by atoms with Crippen LogP contribution in [0.3, 0.4) is 0 Å². The molecule has 2 unspecified atom stereocenters. The molecule has 1 heteroatoms. The Labute approximate surface area is 133 Å². The fourth-order valence-corrected chi connectivity index (χ4v) is 2.81. The van der Waals surface area contributed by atoms with Gasteiger partial charge < -0.3 is 0 Å². The first kappa shape index (κ1) is 20.7. The van der Waals surface area contributed by atoms with E-state index >= 15 is 0 Å². The molecule has 0 saturated heterocycles. The Morgan fingerprint density at radius 3 is 2.19 bits per heavy atom. The van der Waals surface area contributed by atoms with Crippen LogP contribution in [0.4, 0.5) is 4.39 Å². The Hall–Kier alpha value is -0.330. The lowest BCUT2D eigenvalue weighted by molar-refractivity contribution is 0.0975. The fourth-order valence-electron chi connectivity index (χ4n) is 2.81. The van der Waals surface area contributed by atoms with Crippen LogP contribution in [0.25, 0.3) is 0 Å². The van der Waals surface area contributed by atoms with Gasteiger partial charge in [-0.3, -0.25) is 0 Å².